The first-order valence-electron chi connectivity index (χ1n) is 5.99. The fraction of sp³-hybridized carbons (Fsp3) is 0.462. The zero-order valence-corrected chi connectivity index (χ0v) is 11.8. The molecule has 0 saturated carbocycles. The van der Waals surface area contributed by atoms with Crippen LogP contribution in [0.5, 0.6) is 0 Å². The quantitative estimate of drug-likeness (QED) is 0.871. The summed E-state index contributed by atoms with van der Waals surface area (Å²) < 4.78 is 7.54. The smallest absolute Gasteiger partial charge is 0.133 e. The maximum Gasteiger partial charge on any atom is 0.133 e. The topological polar surface area (TPSA) is 43.0 Å². The minimum atomic E-state index is 0.00889. The van der Waals surface area contributed by atoms with E-state index in [0.717, 1.165) is 18.1 Å². The molecule has 98 valence electrons. The Labute approximate surface area is 112 Å². The summed E-state index contributed by atoms with van der Waals surface area (Å²) in [5, 5.41) is 4.08. The molecule has 0 aromatic carbocycles. The molecule has 2 aromatic heterocycles. The Kier molecular flexibility index (Phi) is 4.49. The Morgan fingerprint density at radius 3 is 2.94 bits per heavy atom. The molecule has 0 spiro atoms. The number of imidazole rings is 1. The van der Waals surface area contributed by atoms with Crippen LogP contribution in [0.3, 0.4) is 0 Å². The molecule has 0 fully saturated rings. The fourth-order valence-electron chi connectivity index (χ4n) is 1.80. The maximum absolute atomic E-state index is 5.52. The van der Waals surface area contributed by atoms with Crippen LogP contribution in [0.2, 0.25) is 0 Å². The van der Waals surface area contributed by atoms with Crippen molar-refractivity contribution in [2.75, 3.05) is 12.8 Å². The lowest BCUT2D eigenvalue weighted by molar-refractivity contribution is 0.431. The van der Waals surface area contributed by atoms with E-state index in [-0.39, 0.29) is 6.04 Å². The van der Waals surface area contributed by atoms with Crippen molar-refractivity contribution in [1.29, 1.82) is 0 Å². The molecule has 2 aromatic rings. The number of nitrogens with zero attached hydrogens (tertiary/aromatic N) is 2. The largest absolute Gasteiger partial charge is 0.467 e. The Bertz CT molecular complexity index is 466. The van der Waals surface area contributed by atoms with Crippen molar-refractivity contribution in [3.8, 4) is 0 Å². The van der Waals surface area contributed by atoms with Crippen LogP contribution < -0.4 is 5.32 Å². The van der Waals surface area contributed by atoms with Gasteiger partial charge in [0.25, 0.3) is 0 Å². The highest BCUT2D eigenvalue weighted by Gasteiger charge is 2.20. The van der Waals surface area contributed by atoms with Gasteiger partial charge in [0.1, 0.15) is 17.6 Å². The molecule has 0 bridgehead atoms. The third kappa shape index (κ3) is 2.97. The first kappa shape index (κ1) is 13.2. The van der Waals surface area contributed by atoms with E-state index in [4.69, 9.17) is 4.42 Å². The Morgan fingerprint density at radius 2 is 2.39 bits per heavy atom. The molecule has 0 aliphatic rings. The van der Waals surface area contributed by atoms with Crippen LogP contribution in [0.4, 0.5) is 0 Å². The van der Waals surface area contributed by atoms with Gasteiger partial charge in [-0.1, -0.05) is 6.92 Å². The zero-order valence-electron chi connectivity index (χ0n) is 11.0. The third-order valence-corrected chi connectivity index (χ3v) is 3.93. The number of hydrogen-bond donors (Lipinski definition) is 1. The van der Waals surface area contributed by atoms with Crippen molar-refractivity contribution in [3.05, 3.63) is 42.4 Å². The molecular weight excluding hydrogens is 246 g/mol. The zero-order chi connectivity index (χ0) is 13.0. The minimum absolute atomic E-state index is 0.00889. The van der Waals surface area contributed by atoms with Crippen molar-refractivity contribution in [3.63, 3.8) is 0 Å². The van der Waals surface area contributed by atoms with Crippen LogP contribution in [-0.4, -0.2) is 27.6 Å². The molecule has 2 heterocycles. The van der Waals surface area contributed by atoms with Gasteiger partial charge in [-0.2, -0.15) is 11.8 Å². The van der Waals surface area contributed by atoms with E-state index in [1.165, 1.54) is 0 Å². The van der Waals surface area contributed by atoms with Crippen LogP contribution in [-0.2, 0) is 7.05 Å². The van der Waals surface area contributed by atoms with Gasteiger partial charge in [-0.25, -0.2) is 4.98 Å². The van der Waals surface area contributed by atoms with Gasteiger partial charge in [0.05, 0.1) is 6.26 Å². The molecule has 0 radical (unpaired) electrons. The summed E-state index contributed by atoms with van der Waals surface area (Å²) in [7, 11) is 2.00. The molecule has 18 heavy (non-hydrogen) atoms. The van der Waals surface area contributed by atoms with E-state index in [0.29, 0.717) is 5.25 Å². The second-order valence-corrected chi connectivity index (χ2v) is 5.58. The van der Waals surface area contributed by atoms with Crippen molar-refractivity contribution < 1.29 is 4.42 Å². The van der Waals surface area contributed by atoms with Gasteiger partial charge in [-0.3, -0.25) is 5.32 Å². The maximum atomic E-state index is 5.52. The van der Waals surface area contributed by atoms with Crippen LogP contribution in [0.25, 0.3) is 0 Å². The van der Waals surface area contributed by atoms with Gasteiger partial charge < -0.3 is 8.98 Å². The van der Waals surface area contributed by atoms with Crippen molar-refractivity contribution >= 4 is 11.8 Å². The van der Waals surface area contributed by atoms with Gasteiger partial charge >= 0.3 is 0 Å². The molecule has 1 N–H and O–H groups in total. The average molecular weight is 265 g/mol. The summed E-state index contributed by atoms with van der Waals surface area (Å²) in [6.07, 6.45) is 7.58. The highest BCUT2D eigenvalue weighted by atomic mass is 32.2. The van der Waals surface area contributed by atoms with E-state index >= 15 is 0 Å². The normalized spacial score (nSPS) is 14.6. The summed E-state index contributed by atoms with van der Waals surface area (Å²) in [5.74, 6) is 1.87. The van der Waals surface area contributed by atoms with E-state index in [9.17, 15) is 0 Å². The predicted octanol–water partition coefficient (Wildman–Crippen LogP) is 2.44. The molecule has 2 atom stereocenters. The standard InChI is InChI=1S/C13H19N3OS/c1-10(18-3)9-15-12(11-5-4-8-17-11)13-14-6-7-16(13)2/h4-8,10,12,15H,9H2,1-3H3. The number of aromatic nitrogens is 2. The third-order valence-electron chi connectivity index (χ3n) is 2.96. The van der Waals surface area contributed by atoms with Crippen molar-refractivity contribution in [2.24, 2.45) is 7.05 Å². The molecule has 4 nitrogen and oxygen atoms in total. The molecule has 0 saturated heterocycles. The second-order valence-electron chi connectivity index (χ2n) is 4.30. The van der Waals surface area contributed by atoms with Gasteiger partial charge in [0.15, 0.2) is 0 Å². The first-order chi connectivity index (χ1) is 8.72. The van der Waals surface area contributed by atoms with Gasteiger partial charge in [0.2, 0.25) is 0 Å². The molecule has 0 amide bonds. The molecule has 2 rings (SSSR count). The van der Waals surface area contributed by atoms with E-state index in [1.54, 1.807) is 6.26 Å². The van der Waals surface area contributed by atoms with E-state index < -0.39 is 0 Å². The van der Waals surface area contributed by atoms with Gasteiger partial charge in [-0.15, -0.1) is 0 Å². The molecule has 2 unspecified atom stereocenters. The van der Waals surface area contributed by atoms with Crippen LogP contribution >= 0.6 is 11.8 Å². The Morgan fingerprint density at radius 1 is 1.56 bits per heavy atom. The summed E-state index contributed by atoms with van der Waals surface area (Å²) >= 11 is 1.85. The second kappa shape index (κ2) is 6.11. The lowest BCUT2D eigenvalue weighted by Gasteiger charge is -2.18. The van der Waals surface area contributed by atoms with Crippen LogP contribution in [0.1, 0.15) is 24.6 Å². The number of furan rings is 1. The molecule has 0 aliphatic heterocycles. The monoisotopic (exact) mass is 265 g/mol. The number of nitrogens with one attached hydrogen (secondary N) is 1. The number of rotatable bonds is 6. The number of thioether (sulfide) groups is 1. The minimum Gasteiger partial charge on any atom is -0.467 e. The summed E-state index contributed by atoms with van der Waals surface area (Å²) in [4.78, 5) is 4.41. The number of hydrogen-bond acceptors (Lipinski definition) is 4. The lowest BCUT2D eigenvalue weighted by Crippen LogP contribution is -2.29. The summed E-state index contributed by atoms with van der Waals surface area (Å²) in [6.45, 7) is 3.12. The summed E-state index contributed by atoms with van der Waals surface area (Å²) in [5.41, 5.74) is 0. The highest BCUT2D eigenvalue weighted by Crippen LogP contribution is 2.21. The van der Waals surface area contributed by atoms with Gasteiger partial charge in [0, 0.05) is 31.2 Å². The average Bonchev–Trinajstić information content (AvgIpc) is 3.02. The molecular formula is C13H19N3OS. The first-order valence-corrected chi connectivity index (χ1v) is 7.28. The van der Waals surface area contributed by atoms with E-state index in [1.807, 2.05) is 47.9 Å². The van der Waals surface area contributed by atoms with Crippen molar-refractivity contribution in [1.82, 2.24) is 14.9 Å². The fourth-order valence-corrected chi connectivity index (χ4v) is 2.06. The Balaban J connectivity index is 2.17. The molecule has 5 heteroatoms. The lowest BCUT2D eigenvalue weighted by atomic mass is 10.2. The SMILES string of the molecule is CSC(C)CNC(c1ccco1)c1nccn1C. The predicted molar refractivity (Wildman–Crippen MR) is 74.7 cm³/mol. The number of aryl methyl sites for hydroxylation is 1. The van der Waals surface area contributed by atoms with Crippen LogP contribution in [0.15, 0.2) is 35.2 Å². The van der Waals surface area contributed by atoms with Gasteiger partial charge in [-0.05, 0) is 18.4 Å². The Hall–Kier alpha value is -1.20. The van der Waals surface area contributed by atoms with Crippen LogP contribution in [0, 0.1) is 0 Å². The highest BCUT2D eigenvalue weighted by molar-refractivity contribution is 7.99. The molecule has 0 aliphatic carbocycles. The van der Waals surface area contributed by atoms with Crippen molar-refractivity contribution in [2.45, 2.75) is 18.2 Å². The van der Waals surface area contributed by atoms with E-state index in [2.05, 4.69) is 23.5 Å². The summed E-state index contributed by atoms with van der Waals surface area (Å²) in [6, 6.07) is 3.90.